The number of rotatable bonds is 3. The van der Waals surface area contributed by atoms with Gasteiger partial charge in [-0.05, 0) is 19.1 Å². The number of nitrogens with zero attached hydrogens (tertiary/aromatic N) is 1. The molecule has 0 amide bonds. The molecule has 1 unspecified atom stereocenters. The molecule has 0 aliphatic rings. The zero-order chi connectivity index (χ0) is 8.97. The first-order valence-corrected chi connectivity index (χ1v) is 3.64. The van der Waals surface area contributed by atoms with Crippen molar-refractivity contribution in [2.75, 3.05) is 7.11 Å². The van der Waals surface area contributed by atoms with Crippen molar-refractivity contribution in [1.29, 1.82) is 0 Å². The molecule has 0 aliphatic heterocycles. The van der Waals surface area contributed by atoms with Gasteiger partial charge in [0.05, 0.1) is 25.0 Å². The van der Waals surface area contributed by atoms with Crippen LogP contribution in [0.1, 0.15) is 18.7 Å². The lowest BCUT2D eigenvalue weighted by atomic mass is 10.2. The molecular formula is C8H12ClFN2O. The molecule has 1 N–H and O–H groups in total. The van der Waals surface area contributed by atoms with E-state index < -0.39 is 0 Å². The summed E-state index contributed by atoms with van der Waals surface area (Å²) >= 11 is 0. The van der Waals surface area contributed by atoms with Gasteiger partial charge >= 0.3 is 0 Å². The summed E-state index contributed by atoms with van der Waals surface area (Å²) < 4.78 is 16.8. The van der Waals surface area contributed by atoms with Crippen LogP contribution in [0.4, 0.5) is 4.48 Å². The quantitative estimate of drug-likeness (QED) is 0.769. The third-order valence-corrected chi connectivity index (χ3v) is 1.60. The summed E-state index contributed by atoms with van der Waals surface area (Å²) in [6.45, 7) is 1.69. The van der Waals surface area contributed by atoms with Crippen LogP contribution in [0.3, 0.4) is 0 Å². The predicted molar refractivity (Wildman–Crippen MR) is 50.7 cm³/mol. The fraction of sp³-hybridized carbons (Fsp3) is 0.375. The van der Waals surface area contributed by atoms with Crippen LogP contribution in [-0.2, 0) is 0 Å². The van der Waals surface area contributed by atoms with Crippen molar-refractivity contribution in [3.63, 3.8) is 0 Å². The van der Waals surface area contributed by atoms with Crippen molar-refractivity contribution in [3.8, 4) is 5.75 Å². The lowest BCUT2D eigenvalue weighted by Gasteiger charge is -2.06. The van der Waals surface area contributed by atoms with E-state index in [0.717, 1.165) is 0 Å². The highest BCUT2D eigenvalue weighted by atomic mass is 35.5. The van der Waals surface area contributed by atoms with Crippen LogP contribution in [0, 0.1) is 0 Å². The Morgan fingerprint density at radius 1 is 1.54 bits per heavy atom. The van der Waals surface area contributed by atoms with Gasteiger partial charge in [-0.1, -0.05) is 0 Å². The number of pyridine rings is 1. The number of hydrogen-bond acceptors (Lipinski definition) is 3. The number of nitrogens with one attached hydrogen (secondary N) is 1. The molecule has 13 heavy (non-hydrogen) atoms. The van der Waals surface area contributed by atoms with E-state index >= 15 is 0 Å². The highest BCUT2D eigenvalue weighted by Crippen LogP contribution is 2.13. The lowest BCUT2D eigenvalue weighted by molar-refractivity contribution is 0.281. The lowest BCUT2D eigenvalue weighted by Crippen LogP contribution is -2.09. The molecule has 74 valence electrons. The molecule has 0 radical (unpaired) electrons. The van der Waals surface area contributed by atoms with Crippen LogP contribution in [-0.4, -0.2) is 12.1 Å². The van der Waals surface area contributed by atoms with Crippen molar-refractivity contribution < 1.29 is 9.22 Å². The van der Waals surface area contributed by atoms with Gasteiger partial charge in [-0.2, -0.15) is 5.54 Å². The Morgan fingerprint density at radius 2 is 2.23 bits per heavy atom. The fourth-order valence-corrected chi connectivity index (χ4v) is 0.825. The highest BCUT2D eigenvalue weighted by Gasteiger charge is 2.04. The molecule has 5 heteroatoms. The first kappa shape index (κ1) is 12.1. The number of aromatic nitrogens is 1. The predicted octanol–water partition coefficient (Wildman–Crippen LogP) is 2.05. The Labute approximate surface area is 82.7 Å². The molecule has 0 aliphatic carbocycles. The minimum absolute atomic E-state index is 0. The Kier molecular flexibility index (Phi) is 5.34. The number of methoxy groups -OCH3 is 1. The van der Waals surface area contributed by atoms with E-state index in [1.54, 1.807) is 37.9 Å². The third kappa shape index (κ3) is 3.16. The van der Waals surface area contributed by atoms with Crippen LogP contribution in [0.15, 0.2) is 18.3 Å². The van der Waals surface area contributed by atoms with Gasteiger partial charge in [0.2, 0.25) is 0 Å². The van der Waals surface area contributed by atoms with Crippen molar-refractivity contribution in [1.82, 2.24) is 10.5 Å². The van der Waals surface area contributed by atoms with Gasteiger partial charge in [0, 0.05) is 0 Å². The number of halogens is 2. The second kappa shape index (κ2) is 5.72. The molecule has 0 saturated heterocycles. The monoisotopic (exact) mass is 206 g/mol. The summed E-state index contributed by atoms with van der Waals surface area (Å²) in [6, 6.07) is 3.09. The molecule has 1 aromatic rings. The van der Waals surface area contributed by atoms with E-state index in [2.05, 4.69) is 4.98 Å². The molecule has 1 rings (SSSR count). The summed E-state index contributed by atoms with van der Waals surface area (Å²) in [5.74, 6) is 0.671. The van der Waals surface area contributed by atoms with E-state index in [4.69, 9.17) is 4.74 Å². The fourth-order valence-electron chi connectivity index (χ4n) is 0.825. The molecule has 1 atom stereocenters. The molecule has 3 nitrogen and oxygen atoms in total. The molecule has 0 fully saturated rings. The van der Waals surface area contributed by atoms with E-state index in [0.29, 0.717) is 11.4 Å². The molecule has 0 bridgehead atoms. The summed E-state index contributed by atoms with van der Waals surface area (Å²) in [4.78, 5) is 3.99. The summed E-state index contributed by atoms with van der Waals surface area (Å²) in [7, 11) is 1.56. The van der Waals surface area contributed by atoms with Crippen LogP contribution < -0.4 is 10.3 Å². The molecule has 1 heterocycles. The van der Waals surface area contributed by atoms with Crippen molar-refractivity contribution in [2.45, 2.75) is 13.0 Å². The van der Waals surface area contributed by atoms with Gasteiger partial charge in [0.1, 0.15) is 5.75 Å². The van der Waals surface area contributed by atoms with Crippen LogP contribution in [0.2, 0.25) is 0 Å². The second-order valence-electron chi connectivity index (χ2n) is 2.45. The maximum absolute atomic E-state index is 11.9. The minimum Gasteiger partial charge on any atom is -0.495 e. The molecule has 0 spiro atoms. The average molecular weight is 207 g/mol. The van der Waals surface area contributed by atoms with E-state index in [1.807, 2.05) is 0 Å². The Balaban J connectivity index is 0.00000144. The summed E-state index contributed by atoms with van der Waals surface area (Å²) in [5.41, 5.74) is 2.27. The van der Waals surface area contributed by atoms with Crippen molar-refractivity contribution in [2.24, 2.45) is 0 Å². The van der Waals surface area contributed by atoms with Gasteiger partial charge in [0.25, 0.3) is 0 Å². The Morgan fingerprint density at radius 3 is 2.62 bits per heavy atom. The maximum Gasteiger partial charge on any atom is 0.137 e. The minimum atomic E-state index is -0.379. The van der Waals surface area contributed by atoms with Gasteiger partial charge in [-0.15, -0.1) is 16.9 Å². The van der Waals surface area contributed by atoms with Gasteiger partial charge in [-0.25, -0.2) is 0 Å². The highest BCUT2D eigenvalue weighted by molar-refractivity contribution is 5.85. The van der Waals surface area contributed by atoms with E-state index in [9.17, 15) is 4.48 Å². The largest absolute Gasteiger partial charge is 0.495 e. The molecule has 1 aromatic heterocycles. The molecule has 0 aromatic carbocycles. The third-order valence-electron chi connectivity index (χ3n) is 1.60. The zero-order valence-electron chi connectivity index (χ0n) is 7.45. The number of hydrogen-bond donors (Lipinski definition) is 1. The van der Waals surface area contributed by atoms with Crippen LogP contribution >= 0.6 is 12.4 Å². The standard InChI is InChI=1S/C8H11FN2O.ClH/c1-6(11-9)8-4-3-7(12-2)5-10-8;/h3-6,11H,1-2H3;1H. The summed E-state index contributed by atoms with van der Waals surface area (Å²) in [6.07, 6.45) is 1.56. The van der Waals surface area contributed by atoms with Crippen molar-refractivity contribution >= 4 is 12.4 Å². The van der Waals surface area contributed by atoms with Gasteiger partial charge in [0.15, 0.2) is 0 Å². The first-order valence-electron chi connectivity index (χ1n) is 3.64. The van der Waals surface area contributed by atoms with E-state index in [-0.39, 0.29) is 18.4 Å². The maximum atomic E-state index is 11.9. The first-order chi connectivity index (χ1) is 5.77. The van der Waals surface area contributed by atoms with Crippen LogP contribution in [0.5, 0.6) is 5.75 Å². The van der Waals surface area contributed by atoms with Crippen molar-refractivity contribution in [3.05, 3.63) is 24.0 Å². The smallest absolute Gasteiger partial charge is 0.137 e. The normalized spacial score (nSPS) is 11.6. The number of ether oxygens (including phenoxy) is 1. The Hall–Kier alpha value is -0.870. The van der Waals surface area contributed by atoms with E-state index in [1.165, 1.54) is 0 Å². The van der Waals surface area contributed by atoms with Gasteiger partial charge < -0.3 is 4.74 Å². The average Bonchev–Trinajstić information content (AvgIpc) is 2.17. The summed E-state index contributed by atoms with van der Waals surface area (Å²) in [5, 5.41) is 0. The molecule has 0 saturated carbocycles. The second-order valence-corrected chi connectivity index (χ2v) is 2.45. The topological polar surface area (TPSA) is 34.1 Å². The van der Waals surface area contributed by atoms with Gasteiger partial charge in [-0.3, -0.25) is 4.98 Å². The SMILES string of the molecule is COc1ccc(C(C)NF)nc1.Cl. The zero-order valence-corrected chi connectivity index (χ0v) is 8.27. The molecular weight excluding hydrogens is 195 g/mol. The Bertz CT molecular complexity index is 242. The van der Waals surface area contributed by atoms with Crippen LogP contribution in [0.25, 0.3) is 0 Å².